The Bertz CT molecular complexity index is 591. The first-order chi connectivity index (χ1) is 11.5. The number of rotatable bonds is 7. The number of quaternary nitrogens is 1. The van der Waals surface area contributed by atoms with Gasteiger partial charge in [0.15, 0.2) is 0 Å². The molecule has 1 aromatic rings. The van der Waals surface area contributed by atoms with Crippen molar-refractivity contribution in [2.45, 2.75) is 38.6 Å². The molecule has 0 aliphatic carbocycles. The number of piperidine rings is 1. The summed E-state index contributed by atoms with van der Waals surface area (Å²) < 4.78 is 5.13. The minimum absolute atomic E-state index is 0.118. The highest BCUT2D eigenvalue weighted by atomic mass is 16.6. The van der Waals surface area contributed by atoms with Crippen LogP contribution in [0.5, 0.6) is 5.75 Å². The van der Waals surface area contributed by atoms with E-state index in [1.54, 1.807) is 4.90 Å². The second-order valence-electron chi connectivity index (χ2n) is 6.31. The van der Waals surface area contributed by atoms with Crippen LogP contribution < -0.4 is 15.0 Å². The highest BCUT2D eigenvalue weighted by molar-refractivity contribution is 5.97. The van der Waals surface area contributed by atoms with Crippen LogP contribution in [0.4, 0.5) is 5.69 Å². The standard InChI is InChI=1S/C17H25N3O4/c1-13-6-3-4-10-19(13)11-5-9-18-17(21)15-12-14(20(22)23)7-8-16(15)24-2/h7-8,12-13H,3-6,9-11H2,1-2H3,(H,18,21)/p+1/t13-/m0/s1. The molecule has 1 amide bonds. The number of ether oxygens (including phenoxy) is 1. The zero-order valence-corrected chi connectivity index (χ0v) is 14.3. The summed E-state index contributed by atoms with van der Waals surface area (Å²) >= 11 is 0. The van der Waals surface area contributed by atoms with Gasteiger partial charge in [-0.2, -0.15) is 0 Å². The minimum Gasteiger partial charge on any atom is -0.496 e. The summed E-state index contributed by atoms with van der Waals surface area (Å²) in [4.78, 5) is 24.2. The van der Waals surface area contributed by atoms with Crippen LogP contribution in [-0.4, -0.2) is 43.6 Å². The maximum absolute atomic E-state index is 12.3. The van der Waals surface area contributed by atoms with Crippen LogP contribution in [0.1, 0.15) is 43.0 Å². The molecule has 2 N–H and O–H groups in total. The molecule has 24 heavy (non-hydrogen) atoms. The number of hydrogen-bond donors (Lipinski definition) is 2. The van der Waals surface area contributed by atoms with Gasteiger partial charge in [0.1, 0.15) is 5.75 Å². The fourth-order valence-corrected chi connectivity index (χ4v) is 3.22. The van der Waals surface area contributed by atoms with Gasteiger partial charge in [-0.25, -0.2) is 0 Å². The van der Waals surface area contributed by atoms with Gasteiger partial charge < -0.3 is 15.0 Å². The molecule has 1 aliphatic rings. The van der Waals surface area contributed by atoms with Gasteiger partial charge in [-0.3, -0.25) is 14.9 Å². The van der Waals surface area contributed by atoms with E-state index in [2.05, 4.69) is 12.2 Å². The highest BCUT2D eigenvalue weighted by Gasteiger charge is 2.21. The van der Waals surface area contributed by atoms with Gasteiger partial charge in [0, 0.05) is 25.1 Å². The Balaban J connectivity index is 1.87. The molecule has 1 saturated heterocycles. The van der Waals surface area contributed by atoms with Crippen molar-refractivity contribution in [3.8, 4) is 5.75 Å². The summed E-state index contributed by atoms with van der Waals surface area (Å²) in [6.45, 7) is 5.07. The fraction of sp³-hybridized carbons (Fsp3) is 0.588. The summed E-state index contributed by atoms with van der Waals surface area (Å²) in [6.07, 6.45) is 4.75. The Morgan fingerprint density at radius 1 is 1.46 bits per heavy atom. The molecule has 132 valence electrons. The normalized spacial score (nSPS) is 20.4. The average Bonchev–Trinajstić information content (AvgIpc) is 2.59. The number of carbonyl (C=O) groups is 1. The number of methoxy groups -OCH3 is 1. The van der Waals surface area contributed by atoms with Gasteiger partial charge in [-0.15, -0.1) is 0 Å². The predicted molar refractivity (Wildman–Crippen MR) is 90.6 cm³/mol. The van der Waals surface area contributed by atoms with Crippen molar-refractivity contribution >= 4 is 11.6 Å². The molecular weight excluding hydrogens is 310 g/mol. The molecule has 7 heteroatoms. The number of carbonyl (C=O) groups excluding carboxylic acids is 1. The van der Waals surface area contributed by atoms with Crippen molar-refractivity contribution in [3.63, 3.8) is 0 Å². The third kappa shape index (κ3) is 4.67. The van der Waals surface area contributed by atoms with Crippen LogP contribution >= 0.6 is 0 Å². The average molecular weight is 336 g/mol. The zero-order chi connectivity index (χ0) is 17.5. The maximum atomic E-state index is 12.3. The lowest BCUT2D eigenvalue weighted by molar-refractivity contribution is -0.928. The molecule has 0 spiro atoms. The summed E-state index contributed by atoms with van der Waals surface area (Å²) in [5, 5.41) is 13.7. The van der Waals surface area contributed by atoms with Gasteiger partial charge in [-0.1, -0.05) is 0 Å². The molecule has 1 aliphatic heterocycles. The van der Waals surface area contributed by atoms with Crippen molar-refractivity contribution < 1.29 is 19.4 Å². The van der Waals surface area contributed by atoms with Crippen LogP contribution in [0.2, 0.25) is 0 Å². The molecule has 2 rings (SSSR count). The molecule has 1 fully saturated rings. The molecule has 2 atom stereocenters. The van der Waals surface area contributed by atoms with Crippen molar-refractivity contribution in [1.29, 1.82) is 0 Å². The summed E-state index contributed by atoms with van der Waals surface area (Å²) in [7, 11) is 1.44. The van der Waals surface area contributed by atoms with Crippen LogP contribution in [0.3, 0.4) is 0 Å². The van der Waals surface area contributed by atoms with E-state index >= 15 is 0 Å². The number of nitrogens with zero attached hydrogens (tertiary/aromatic N) is 1. The van der Waals surface area contributed by atoms with E-state index < -0.39 is 4.92 Å². The smallest absolute Gasteiger partial charge is 0.270 e. The van der Waals surface area contributed by atoms with Gasteiger partial charge in [0.25, 0.3) is 11.6 Å². The topological polar surface area (TPSA) is 85.9 Å². The predicted octanol–water partition coefficient (Wildman–Crippen LogP) is 1.18. The van der Waals surface area contributed by atoms with Crippen molar-refractivity contribution in [2.24, 2.45) is 0 Å². The third-order valence-electron chi connectivity index (χ3n) is 4.68. The summed E-state index contributed by atoms with van der Waals surface area (Å²) in [5.41, 5.74) is 0.0814. The number of nitrogens with one attached hydrogen (secondary N) is 2. The van der Waals surface area contributed by atoms with E-state index in [1.165, 1.54) is 51.1 Å². The second kappa shape index (κ2) is 8.63. The van der Waals surface area contributed by atoms with Crippen LogP contribution in [-0.2, 0) is 0 Å². The Hall–Kier alpha value is -2.15. The third-order valence-corrected chi connectivity index (χ3v) is 4.68. The molecule has 0 bridgehead atoms. The molecule has 0 saturated carbocycles. The molecule has 1 aromatic carbocycles. The quantitative estimate of drug-likeness (QED) is 0.445. The number of nitro benzene ring substituents is 1. The SMILES string of the molecule is COc1ccc([N+](=O)[O-])cc1C(=O)NCCC[NH+]1CCCC[C@@H]1C. The number of nitro groups is 1. The Kier molecular flexibility index (Phi) is 6.54. The Morgan fingerprint density at radius 3 is 2.92 bits per heavy atom. The van der Waals surface area contributed by atoms with E-state index in [-0.39, 0.29) is 17.2 Å². The van der Waals surface area contributed by atoms with Crippen LogP contribution in [0.15, 0.2) is 18.2 Å². The largest absolute Gasteiger partial charge is 0.496 e. The molecular formula is C17H26N3O4+. The summed E-state index contributed by atoms with van der Waals surface area (Å²) in [6, 6.07) is 4.72. The first-order valence-electron chi connectivity index (χ1n) is 8.48. The molecule has 1 heterocycles. The van der Waals surface area contributed by atoms with Gasteiger partial charge in [0.2, 0.25) is 0 Å². The lowest BCUT2D eigenvalue weighted by Gasteiger charge is -2.30. The number of likely N-dealkylation sites (tertiary alicyclic amines) is 1. The first-order valence-corrected chi connectivity index (χ1v) is 8.48. The minimum atomic E-state index is -0.517. The Labute approximate surface area is 142 Å². The lowest BCUT2D eigenvalue weighted by atomic mass is 10.0. The number of non-ortho nitro benzene ring substituents is 1. The van der Waals surface area contributed by atoms with Gasteiger partial charge >= 0.3 is 0 Å². The van der Waals surface area contributed by atoms with Gasteiger partial charge in [0.05, 0.1) is 36.7 Å². The van der Waals surface area contributed by atoms with E-state index in [0.29, 0.717) is 18.3 Å². The maximum Gasteiger partial charge on any atom is 0.270 e. The van der Waals surface area contributed by atoms with Crippen molar-refractivity contribution in [2.75, 3.05) is 26.7 Å². The fourth-order valence-electron chi connectivity index (χ4n) is 3.22. The molecule has 7 nitrogen and oxygen atoms in total. The van der Waals surface area contributed by atoms with Crippen molar-refractivity contribution in [1.82, 2.24) is 5.32 Å². The van der Waals surface area contributed by atoms with E-state index in [0.717, 1.165) is 13.0 Å². The number of amides is 1. The monoisotopic (exact) mass is 336 g/mol. The lowest BCUT2D eigenvalue weighted by Crippen LogP contribution is -3.16. The molecule has 0 aromatic heterocycles. The zero-order valence-electron chi connectivity index (χ0n) is 14.3. The number of benzene rings is 1. The van der Waals surface area contributed by atoms with E-state index in [4.69, 9.17) is 4.74 Å². The molecule has 0 radical (unpaired) electrons. The van der Waals surface area contributed by atoms with Gasteiger partial charge in [-0.05, 0) is 32.3 Å². The molecule has 1 unspecified atom stereocenters. The highest BCUT2D eigenvalue weighted by Crippen LogP contribution is 2.23. The second-order valence-corrected chi connectivity index (χ2v) is 6.31. The first kappa shape index (κ1) is 18.2. The van der Waals surface area contributed by atoms with Crippen LogP contribution in [0.25, 0.3) is 0 Å². The van der Waals surface area contributed by atoms with Crippen molar-refractivity contribution in [3.05, 3.63) is 33.9 Å². The Morgan fingerprint density at radius 2 is 2.25 bits per heavy atom. The van der Waals surface area contributed by atoms with E-state index in [9.17, 15) is 14.9 Å². The number of hydrogen-bond acceptors (Lipinski definition) is 4. The van der Waals surface area contributed by atoms with E-state index in [1.807, 2.05) is 0 Å². The van der Waals surface area contributed by atoms with Crippen LogP contribution in [0, 0.1) is 10.1 Å². The summed E-state index contributed by atoms with van der Waals surface area (Å²) in [5.74, 6) is 0.00520.